The lowest BCUT2D eigenvalue weighted by Gasteiger charge is -2.01. The first-order chi connectivity index (χ1) is 8.65. The van der Waals surface area contributed by atoms with Crippen LogP contribution in [0.2, 0.25) is 0 Å². The van der Waals surface area contributed by atoms with Gasteiger partial charge in [0.15, 0.2) is 0 Å². The molecule has 5 heteroatoms. The van der Waals surface area contributed by atoms with Gasteiger partial charge in [-0.25, -0.2) is 4.39 Å². The number of rotatable bonds is 3. The summed E-state index contributed by atoms with van der Waals surface area (Å²) in [5.74, 6) is -0.891. The van der Waals surface area contributed by atoms with Crippen LogP contribution in [0.4, 0.5) is 8.78 Å². The lowest BCUT2D eigenvalue weighted by Crippen LogP contribution is -1.99. The molecule has 0 radical (unpaired) electrons. The zero-order chi connectivity index (χ0) is 13.0. The van der Waals surface area contributed by atoms with Gasteiger partial charge in [0.1, 0.15) is 5.82 Å². The molecule has 2 aromatic rings. The Bertz CT molecular complexity index is 567. The van der Waals surface area contributed by atoms with Crippen molar-refractivity contribution in [1.82, 2.24) is 4.98 Å². The number of aromatic nitrogens is 1. The number of halogens is 2. The Morgan fingerprint density at radius 1 is 1.11 bits per heavy atom. The first-order valence-corrected chi connectivity index (χ1v) is 5.25. The summed E-state index contributed by atoms with van der Waals surface area (Å²) in [5.41, 5.74) is 1.26. The standard InChI is InChI=1S/C13H10F2N2O/c1-9(10-5-7-11(14)8-6-10)17-18-13-4-2-3-12(15)16-13/h2-8H,1H3/b17-9-. The van der Waals surface area contributed by atoms with Gasteiger partial charge in [0, 0.05) is 6.07 Å². The Kier molecular flexibility index (Phi) is 3.62. The number of oxime groups is 1. The van der Waals surface area contributed by atoms with Crippen molar-refractivity contribution >= 4 is 5.71 Å². The minimum absolute atomic E-state index is 0.0662. The van der Waals surface area contributed by atoms with E-state index in [2.05, 4.69) is 10.1 Å². The molecule has 0 unspecified atom stereocenters. The van der Waals surface area contributed by atoms with Crippen molar-refractivity contribution in [2.75, 3.05) is 0 Å². The van der Waals surface area contributed by atoms with Crippen molar-refractivity contribution in [3.05, 3.63) is 59.8 Å². The highest BCUT2D eigenvalue weighted by atomic mass is 19.1. The summed E-state index contributed by atoms with van der Waals surface area (Å²) in [4.78, 5) is 8.47. The number of nitrogens with zero attached hydrogens (tertiary/aromatic N) is 2. The van der Waals surface area contributed by atoms with Crippen LogP contribution in [0.5, 0.6) is 5.88 Å². The quantitative estimate of drug-likeness (QED) is 0.475. The van der Waals surface area contributed by atoms with Gasteiger partial charge in [0.05, 0.1) is 5.71 Å². The zero-order valence-electron chi connectivity index (χ0n) is 9.60. The summed E-state index contributed by atoms with van der Waals surface area (Å²) >= 11 is 0. The molecule has 92 valence electrons. The SMILES string of the molecule is C/C(=N/Oc1cccc(F)n1)c1ccc(F)cc1. The second kappa shape index (κ2) is 5.35. The van der Waals surface area contributed by atoms with Crippen LogP contribution in [0.25, 0.3) is 0 Å². The first-order valence-electron chi connectivity index (χ1n) is 5.25. The smallest absolute Gasteiger partial charge is 0.251 e. The second-order valence-corrected chi connectivity index (χ2v) is 3.57. The molecule has 0 atom stereocenters. The summed E-state index contributed by atoms with van der Waals surface area (Å²) in [7, 11) is 0. The molecule has 0 fully saturated rings. The van der Waals surface area contributed by atoms with Crippen LogP contribution in [0.1, 0.15) is 12.5 Å². The van der Waals surface area contributed by atoms with Gasteiger partial charge in [-0.2, -0.15) is 9.37 Å². The van der Waals surface area contributed by atoms with Crippen LogP contribution >= 0.6 is 0 Å². The second-order valence-electron chi connectivity index (χ2n) is 3.57. The maximum atomic E-state index is 12.8. The van der Waals surface area contributed by atoms with Gasteiger partial charge in [-0.15, -0.1) is 0 Å². The summed E-state index contributed by atoms with van der Waals surface area (Å²) in [5, 5.41) is 3.80. The topological polar surface area (TPSA) is 34.5 Å². The highest BCUT2D eigenvalue weighted by molar-refractivity contribution is 5.98. The van der Waals surface area contributed by atoms with E-state index in [1.165, 1.54) is 30.3 Å². The zero-order valence-corrected chi connectivity index (χ0v) is 9.60. The molecule has 1 aromatic carbocycles. The average molecular weight is 248 g/mol. The van der Waals surface area contributed by atoms with Crippen molar-refractivity contribution < 1.29 is 13.6 Å². The Morgan fingerprint density at radius 2 is 1.83 bits per heavy atom. The van der Waals surface area contributed by atoms with Gasteiger partial charge < -0.3 is 4.84 Å². The first kappa shape index (κ1) is 12.2. The molecular weight excluding hydrogens is 238 g/mol. The molecule has 0 spiro atoms. The summed E-state index contributed by atoms with van der Waals surface area (Å²) in [6.07, 6.45) is 0. The maximum Gasteiger partial charge on any atom is 0.251 e. The Morgan fingerprint density at radius 3 is 2.50 bits per heavy atom. The van der Waals surface area contributed by atoms with E-state index in [-0.39, 0.29) is 11.7 Å². The van der Waals surface area contributed by atoms with Crippen LogP contribution in [0.3, 0.4) is 0 Å². The molecule has 0 saturated carbocycles. The van der Waals surface area contributed by atoms with E-state index in [0.29, 0.717) is 11.3 Å². The molecule has 3 nitrogen and oxygen atoms in total. The number of benzene rings is 1. The van der Waals surface area contributed by atoms with Crippen LogP contribution in [0.15, 0.2) is 47.6 Å². The molecule has 0 aliphatic carbocycles. The highest BCUT2D eigenvalue weighted by Gasteiger charge is 2.00. The van der Waals surface area contributed by atoms with Crippen molar-refractivity contribution in [3.8, 4) is 5.88 Å². The molecule has 18 heavy (non-hydrogen) atoms. The van der Waals surface area contributed by atoms with Gasteiger partial charge in [-0.05, 0) is 30.7 Å². The lowest BCUT2D eigenvalue weighted by molar-refractivity contribution is 0.321. The van der Waals surface area contributed by atoms with Crippen LogP contribution < -0.4 is 4.84 Å². The van der Waals surface area contributed by atoms with Crippen LogP contribution in [0, 0.1) is 11.8 Å². The fraction of sp³-hybridized carbons (Fsp3) is 0.0769. The van der Waals surface area contributed by atoms with Crippen LogP contribution in [-0.4, -0.2) is 10.7 Å². The van der Waals surface area contributed by atoms with E-state index < -0.39 is 5.95 Å². The third-order valence-electron chi connectivity index (χ3n) is 2.23. The number of hydrogen-bond donors (Lipinski definition) is 0. The summed E-state index contributed by atoms with van der Waals surface area (Å²) in [6.45, 7) is 1.70. The molecule has 2 rings (SSSR count). The van der Waals surface area contributed by atoms with E-state index in [9.17, 15) is 8.78 Å². The van der Waals surface area contributed by atoms with Crippen molar-refractivity contribution in [1.29, 1.82) is 0 Å². The van der Waals surface area contributed by atoms with E-state index in [0.717, 1.165) is 0 Å². The van der Waals surface area contributed by atoms with E-state index in [1.54, 1.807) is 19.1 Å². The third-order valence-corrected chi connectivity index (χ3v) is 2.23. The Labute approximate surface area is 103 Å². The largest absolute Gasteiger partial charge is 0.336 e. The van der Waals surface area contributed by atoms with E-state index in [1.807, 2.05) is 0 Å². The van der Waals surface area contributed by atoms with Gasteiger partial charge in [0.25, 0.3) is 5.88 Å². The molecule has 0 N–H and O–H groups in total. The van der Waals surface area contributed by atoms with E-state index >= 15 is 0 Å². The minimum Gasteiger partial charge on any atom is -0.336 e. The normalized spacial score (nSPS) is 11.4. The maximum absolute atomic E-state index is 12.8. The van der Waals surface area contributed by atoms with Gasteiger partial charge >= 0.3 is 0 Å². The Hall–Kier alpha value is -2.30. The summed E-state index contributed by atoms with van der Waals surface area (Å²) < 4.78 is 25.5. The van der Waals surface area contributed by atoms with Gasteiger partial charge in [-0.3, -0.25) is 0 Å². The van der Waals surface area contributed by atoms with Crippen molar-refractivity contribution in [2.45, 2.75) is 6.92 Å². The lowest BCUT2D eigenvalue weighted by atomic mass is 10.1. The highest BCUT2D eigenvalue weighted by Crippen LogP contribution is 2.09. The monoisotopic (exact) mass is 248 g/mol. The molecule has 0 amide bonds. The van der Waals surface area contributed by atoms with Crippen molar-refractivity contribution in [2.24, 2.45) is 5.16 Å². The minimum atomic E-state index is -0.637. The van der Waals surface area contributed by atoms with E-state index in [4.69, 9.17) is 4.84 Å². The predicted octanol–water partition coefficient (Wildman–Crippen LogP) is 3.16. The molecule has 0 saturated heterocycles. The van der Waals surface area contributed by atoms with Crippen LogP contribution in [-0.2, 0) is 0 Å². The summed E-state index contributed by atoms with van der Waals surface area (Å²) in [6, 6.07) is 9.99. The predicted molar refractivity (Wildman–Crippen MR) is 63.4 cm³/mol. The third kappa shape index (κ3) is 3.10. The van der Waals surface area contributed by atoms with Gasteiger partial charge in [-0.1, -0.05) is 23.4 Å². The fourth-order valence-electron chi connectivity index (χ4n) is 1.30. The Balaban J connectivity index is 2.11. The number of hydrogen-bond acceptors (Lipinski definition) is 3. The molecular formula is C13H10F2N2O. The van der Waals surface area contributed by atoms with Gasteiger partial charge in [0.2, 0.25) is 5.95 Å². The number of pyridine rings is 1. The average Bonchev–Trinajstić information content (AvgIpc) is 2.37. The molecule has 0 aliphatic heterocycles. The molecule has 1 heterocycles. The molecule has 0 aliphatic rings. The van der Waals surface area contributed by atoms with Crippen molar-refractivity contribution in [3.63, 3.8) is 0 Å². The molecule has 0 bridgehead atoms. The fourth-order valence-corrected chi connectivity index (χ4v) is 1.30. The molecule has 1 aromatic heterocycles.